The number of nitrogens with one attached hydrogen (secondary N) is 1. The molecule has 4 nitrogen and oxygen atoms in total. The van der Waals surface area contributed by atoms with Crippen LogP contribution in [0.4, 0.5) is 0 Å². The Kier molecular flexibility index (Phi) is 4.62. The van der Waals surface area contributed by atoms with E-state index in [1.54, 1.807) is 6.20 Å². The number of nitrogens with zero attached hydrogens (tertiary/aromatic N) is 2. The van der Waals surface area contributed by atoms with Crippen molar-refractivity contribution in [3.8, 4) is 11.4 Å². The predicted octanol–water partition coefficient (Wildman–Crippen LogP) is 4.79. The molecule has 0 fully saturated rings. The van der Waals surface area contributed by atoms with Crippen molar-refractivity contribution in [2.24, 2.45) is 0 Å². The lowest BCUT2D eigenvalue weighted by molar-refractivity contribution is 0.0941. The molecule has 0 saturated carbocycles. The second kappa shape index (κ2) is 7.38. The zero-order valence-corrected chi connectivity index (χ0v) is 15.0. The number of hydrogen-bond acceptors (Lipinski definition) is 3. The summed E-state index contributed by atoms with van der Waals surface area (Å²) in [6.45, 7) is 1.98. The number of para-hydroxylation sites is 1. The summed E-state index contributed by atoms with van der Waals surface area (Å²) in [5, 5.41) is 3.92. The van der Waals surface area contributed by atoms with Gasteiger partial charge in [-0.1, -0.05) is 54.6 Å². The average Bonchev–Trinajstić information content (AvgIpc) is 2.74. The van der Waals surface area contributed by atoms with E-state index in [0.29, 0.717) is 11.3 Å². The van der Waals surface area contributed by atoms with Crippen molar-refractivity contribution in [2.75, 3.05) is 0 Å². The zero-order valence-electron chi connectivity index (χ0n) is 15.0. The molecule has 0 saturated heterocycles. The second-order valence-electron chi connectivity index (χ2n) is 6.39. The maximum atomic E-state index is 13.1. The summed E-state index contributed by atoms with van der Waals surface area (Å²) < 4.78 is 0. The van der Waals surface area contributed by atoms with Gasteiger partial charge >= 0.3 is 0 Å². The van der Waals surface area contributed by atoms with Crippen LogP contribution in [0.3, 0.4) is 0 Å². The molecule has 0 aliphatic carbocycles. The third-order valence-corrected chi connectivity index (χ3v) is 4.54. The first-order valence-corrected chi connectivity index (χ1v) is 8.89. The van der Waals surface area contributed by atoms with Crippen LogP contribution >= 0.6 is 0 Å². The molecule has 1 amide bonds. The number of hydrogen-bond donors (Lipinski definition) is 1. The molecule has 0 radical (unpaired) electrons. The number of aromatic nitrogens is 2. The number of amides is 1. The van der Waals surface area contributed by atoms with Crippen molar-refractivity contribution in [2.45, 2.75) is 13.0 Å². The molecule has 1 atom stereocenters. The van der Waals surface area contributed by atoms with Crippen LogP contribution in [0, 0.1) is 0 Å². The first kappa shape index (κ1) is 16.9. The molecule has 4 aromatic rings. The SMILES string of the molecule is CC(NC(=O)c1cc(-c2ccccn2)nc2ccccc12)c1ccccc1. The molecule has 0 aliphatic heterocycles. The van der Waals surface area contributed by atoms with Crippen LogP contribution in [-0.2, 0) is 0 Å². The minimum Gasteiger partial charge on any atom is -0.345 e. The molecule has 4 heteroatoms. The topological polar surface area (TPSA) is 54.9 Å². The van der Waals surface area contributed by atoms with E-state index in [1.807, 2.05) is 85.8 Å². The van der Waals surface area contributed by atoms with E-state index in [1.165, 1.54) is 0 Å². The van der Waals surface area contributed by atoms with Gasteiger partial charge in [-0.25, -0.2) is 4.98 Å². The minimum atomic E-state index is -0.123. The lowest BCUT2D eigenvalue weighted by Gasteiger charge is -2.16. The number of benzene rings is 2. The largest absolute Gasteiger partial charge is 0.345 e. The highest BCUT2D eigenvalue weighted by atomic mass is 16.1. The Morgan fingerprint density at radius 2 is 1.63 bits per heavy atom. The highest BCUT2D eigenvalue weighted by Gasteiger charge is 2.16. The lowest BCUT2D eigenvalue weighted by atomic mass is 10.0. The Bertz CT molecular complexity index is 1080. The number of carbonyl (C=O) groups excluding carboxylic acids is 1. The monoisotopic (exact) mass is 353 g/mol. The van der Waals surface area contributed by atoms with Crippen molar-refractivity contribution >= 4 is 16.8 Å². The fourth-order valence-corrected chi connectivity index (χ4v) is 3.11. The van der Waals surface area contributed by atoms with Gasteiger partial charge in [-0.2, -0.15) is 0 Å². The van der Waals surface area contributed by atoms with Gasteiger partial charge in [0, 0.05) is 11.6 Å². The third-order valence-electron chi connectivity index (χ3n) is 4.54. The van der Waals surface area contributed by atoms with Gasteiger partial charge in [0.25, 0.3) is 5.91 Å². The first-order valence-electron chi connectivity index (χ1n) is 8.89. The van der Waals surface area contributed by atoms with Crippen LogP contribution in [-0.4, -0.2) is 15.9 Å². The predicted molar refractivity (Wildman–Crippen MR) is 107 cm³/mol. The van der Waals surface area contributed by atoms with Gasteiger partial charge in [0.2, 0.25) is 0 Å². The molecular weight excluding hydrogens is 334 g/mol. The Labute approximate surface area is 157 Å². The molecule has 1 N–H and O–H groups in total. The summed E-state index contributed by atoms with van der Waals surface area (Å²) in [6, 6.07) is 25.0. The number of rotatable bonds is 4. The van der Waals surface area contributed by atoms with Crippen LogP contribution < -0.4 is 5.32 Å². The maximum absolute atomic E-state index is 13.1. The second-order valence-corrected chi connectivity index (χ2v) is 6.39. The van der Waals surface area contributed by atoms with Gasteiger partial charge in [-0.3, -0.25) is 9.78 Å². The zero-order chi connectivity index (χ0) is 18.6. The van der Waals surface area contributed by atoms with Gasteiger partial charge in [0.1, 0.15) is 0 Å². The molecule has 1 unspecified atom stereocenters. The highest BCUT2D eigenvalue weighted by Crippen LogP contribution is 2.24. The Hall–Kier alpha value is -3.53. The Morgan fingerprint density at radius 3 is 2.41 bits per heavy atom. The summed E-state index contributed by atoms with van der Waals surface area (Å²) in [4.78, 5) is 22.1. The highest BCUT2D eigenvalue weighted by molar-refractivity contribution is 6.07. The van der Waals surface area contributed by atoms with E-state index < -0.39 is 0 Å². The van der Waals surface area contributed by atoms with E-state index in [2.05, 4.69) is 15.3 Å². The summed E-state index contributed by atoms with van der Waals surface area (Å²) in [5.74, 6) is -0.123. The van der Waals surface area contributed by atoms with Gasteiger partial charge in [-0.05, 0) is 36.8 Å². The molecule has 2 aromatic heterocycles. The fourth-order valence-electron chi connectivity index (χ4n) is 3.11. The van der Waals surface area contributed by atoms with E-state index in [0.717, 1.165) is 22.2 Å². The standard InChI is InChI=1S/C23H19N3O/c1-16(17-9-3-2-4-10-17)25-23(27)19-15-22(21-13-7-8-14-24-21)26-20-12-6-5-11-18(19)20/h2-16H,1H3,(H,25,27). The molecule has 132 valence electrons. The molecule has 0 bridgehead atoms. The minimum absolute atomic E-state index is 0.0936. The van der Waals surface area contributed by atoms with Crippen molar-refractivity contribution in [3.05, 3.63) is 96.2 Å². The Balaban J connectivity index is 1.74. The summed E-state index contributed by atoms with van der Waals surface area (Å²) in [5.41, 5.74) is 3.87. The molecular formula is C23H19N3O. The molecule has 2 heterocycles. The van der Waals surface area contributed by atoms with Crippen molar-refractivity contribution in [1.82, 2.24) is 15.3 Å². The van der Waals surface area contributed by atoms with Crippen LogP contribution in [0.2, 0.25) is 0 Å². The third kappa shape index (κ3) is 3.55. The summed E-state index contributed by atoms with van der Waals surface area (Å²) in [7, 11) is 0. The van der Waals surface area contributed by atoms with E-state index >= 15 is 0 Å². The van der Waals surface area contributed by atoms with Crippen molar-refractivity contribution in [1.29, 1.82) is 0 Å². The van der Waals surface area contributed by atoms with Gasteiger partial charge in [-0.15, -0.1) is 0 Å². The van der Waals surface area contributed by atoms with Gasteiger partial charge < -0.3 is 5.32 Å². The summed E-state index contributed by atoms with van der Waals surface area (Å²) >= 11 is 0. The molecule has 27 heavy (non-hydrogen) atoms. The first-order chi connectivity index (χ1) is 13.2. The van der Waals surface area contributed by atoms with Crippen LogP contribution in [0.5, 0.6) is 0 Å². The van der Waals surface area contributed by atoms with E-state index in [9.17, 15) is 4.79 Å². The lowest BCUT2D eigenvalue weighted by Crippen LogP contribution is -2.27. The van der Waals surface area contributed by atoms with E-state index in [-0.39, 0.29) is 11.9 Å². The van der Waals surface area contributed by atoms with Crippen molar-refractivity contribution < 1.29 is 4.79 Å². The van der Waals surface area contributed by atoms with Gasteiger partial charge in [0.05, 0.1) is 28.5 Å². The summed E-state index contributed by atoms with van der Waals surface area (Å²) in [6.07, 6.45) is 1.73. The quantitative estimate of drug-likeness (QED) is 0.574. The van der Waals surface area contributed by atoms with E-state index in [4.69, 9.17) is 0 Å². The van der Waals surface area contributed by atoms with Gasteiger partial charge in [0.15, 0.2) is 0 Å². The van der Waals surface area contributed by atoms with Crippen LogP contribution in [0.1, 0.15) is 28.9 Å². The number of pyridine rings is 2. The number of carbonyl (C=O) groups is 1. The molecule has 0 aliphatic rings. The molecule has 2 aromatic carbocycles. The normalized spacial score (nSPS) is 11.9. The average molecular weight is 353 g/mol. The maximum Gasteiger partial charge on any atom is 0.252 e. The van der Waals surface area contributed by atoms with Crippen molar-refractivity contribution in [3.63, 3.8) is 0 Å². The van der Waals surface area contributed by atoms with Crippen LogP contribution in [0.25, 0.3) is 22.3 Å². The molecule has 4 rings (SSSR count). The molecule has 0 spiro atoms. The number of fused-ring (bicyclic) bond motifs is 1. The smallest absolute Gasteiger partial charge is 0.252 e. The fraction of sp³-hybridized carbons (Fsp3) is 0.0870. The Morgan fingerprint density at radius 1 is 0.889 bits per heavy atom. The van der Waals surface area contributed by atoms with Crippen LogP contribution in [0.15, 0.2) is 85.1 Å².